The summed E-state index contributed by atoms with van der Waals surface area (Å²) >= 11 is 6.15. The molecule has 0 spiro atoms. The van der Waals surface area contributed by atoms with E-state index in [-0.39, 0.29) is 29.2 Å². The number of hydrogen-bond acceptors (Lipinski definition) is 6. The third kappa shape index (κ3) is 7.06. The van der Waals surface area contributed by atoms with Crippen LogP contribution in [0.1, 0.15) is 54.5 Å². The normalized spacial score (nSPS) is 20.5. The maximum absolute atomic E-state index is 13.4. The summed E-state index contributed by atoms with van der Waals surface area (Å²) in [6.07, 6.45) is 7.23. The molecule has 1 aliphatic heterocycles. The predicted octanol–water partition coefficient (Wildman–Crippen LogP) is 6.32. The zero-order valence-corrected chi connectivity index (χ0v) is 22.4. The van der Waals surface area contributed by atoms with Gasteiger partial charge in [-0.05, 0) is 60.4 Å². The highest BCUT2D eigenvalue weighted by Gasteiger charge is 2.31. The second-order valence-corrected chi connectivity index (χ2v) is 9.76. The van der Waals surface area contributed by atoms with Crippen molar-refractivity contribution in [3.8, 4) is 0 Å². The van der Waals surface area contributed by atoms with Gasteiger partial charge in [0.05, 0.1) is 30.7 Å². The zero-order chi connectivity index (χ0) is 28.2. The number of aromatic nitrogens is 2. The van der Waals surface area contributed by atoms with Gasteiger partial charge >= 0.3 is 6.18 Å². The van der Waals surface area contributed by atoms with Crippen molar-refractivity contribution < 1.29 is 22.7 Å². The minimum Gasteiger partial charge on any atom is -0.501 e. The SMILES string of the molecule is CO\C1=C/C=C\C(C(=O)N2CCc3nc(Cl)nc(N=C[C@H](C)c4cc(N)cc(C(F)(F)F)c4)c3C2)=C\CCC1. The van der Waals surface area contributed by atoms with Crippen LogP contribution in [-0.4, -0.2) is 40.6 Å². The summed E-state index contributed by atoms with van der Waals surface area (Å²) in [6.45, 7) is 2.39. The summed E-state index contributed by atoms with van der Waals surface area (Å²) in [6, 6.07) is 3.44. The molecule has 2 aliphatic rings. The summed E-state index contributed by atoms with van der Waals surface area (Å²) in [5.74, 6) is 0.517. The number of aliphatic imine (C=N–C) groups is 1. The van der Waals surface area contributed by atoms with Crippen molar-refractivity contribution in [1.29, 1.82) is 0 Å². The minimum atomic E-state index is -4.52. The van der Waals surface area contributed by atoms with Gasteiger partial charge in [0.2, 0.25) is 5.28 Å². The maximum atomic E-state index is 13.4. The van der Waals surface area contributed by atoms with Crippen LogP contribution < -0.4 is 5.73 Å². The minimum absolute atomic E-state index is 0.0129. The lowest BCUT2D eigenvalue weighted by molar-refractivity contribution is -0.137. The van der Waals surface area contributed by atoms with Gasteiger partial charge in [0.25, 0.3) is 5.91 Å². The molecular weight excluding hydrogens is 531 g/mol. The Morgan fingerprint density at radius 3 is 2.79 bits per heavy atom. The van der Waals surface area contributed by atoms with Crippen LogP contribution in [0.4, 0.5) is 24.7 Å². The summed E-state index contributed by atoms with van der Waals surface area (Å²) < 4.78 is 45.1. The number of methoxy groups -OCH3 is 1. The number of allylic oxidation sites excluding steroid dienone is 4. The number of carbonyl (C=O) groups is 1. The summed E-state index contributed by atoms with van der Waals surface area (Å²) in [4.78, 5) is 28.2. The van der Waals surface area contributed by atoms with Gasteiger partial charge in [-0.3, -0.25) is 4.79 Å². The van der Waals surface area contributed by atoms with Gasteiger partial charge in [0, 0.05) is 48.3 Å². The van der Waals surface area contributed by atoms with Gasteiger partial charge in [-0.1, -0.05) is 19.1 Å². The van der Waals surface area contributed by atoms with Crippen LogP contribution in [0, 0.1) is 0 Å². The number of anilines is 1. The number of carbonyl (C=O) groups excluding carboxylic acids is 1. The fourth-order valence-electron chi connectivity index (χ4n) is 4.47. The molecule has 0 fully saturated rings. The number of nitrogen functional groups attached to an aromatic ring is 1. The molecule has 2 aromatic rings. The molecule has 1 atom stereocenters. The van der Waals surface area contributed by atoms with E-state index in [9.17, 15) is 18.0 Å². The fourth-order valence-corrected chi connectivity index (χ4v) is 4.66. The molecule has 2 N–H and O–H groups in total. The Hall–Kier alpha value is -3.66. The Morgan fingerprint density at radius 2 is 2.05 bits per heavy atom. The van der Waals surface area contributed by atoms with Crippen molar-refractivity contribution in [3.05, 3.63) is 81.5 Å². The van der Waals surface area contributed by atoms with E-state index in [0.717, 1.165) is 37.2 Å². The first-order valence-electron chi connectivity index (χ1n) is 12.5. The number of amides is 1. The molecule has 0 saturated carbocycles. The van der Waals surface area contributed by atoms with Gasteiger partial charge in [-0.15, -0.1) is 0 Å². The van der Waals surface area contributed by atoms with Gasteiger partial charge < -0.3 is 15.4 Å². The molecule has 0 unspecified atom stereocenters. The standard InChI is InChI=1S/C28H29ClF3N5O2/c1-17(19-12-20(28(30,31)32)14-21(33)13-19)15-34-25-23-16-37(11-10-24(23)35-27(29)36-25)26(38)18-6-3-4-8-22(39-2)9-5-7-18/h5-7,9,12-15,17H,3-4,8,10-11,16,33H2,1-2H3/b7-5-,18-6-,22-9-,34-15?/t17-/m0/s1. The van der Waals surface area contributed by atoms with Crippen molar-refractivity contribution in [2.24, 2.45) is 4.99 Å². The average Bonchev–Trinajstić information content (AvgIpc) is 3.02. The molecular formula is C28H29ClF3N5O2. The highest BCUT2D eigenvalue weighted by Crippen LogP contribution is 2.33. The van der Waals surface area contributed by atoms with E-state index in [2.05, 4.69) is 15.0 Å². The number of halogens is 4. The molecule has 1 aliphatic carbocycles. The molecule has 2 heterocycles. The van der Waals surface area contributed by atoms with Gasteiger partial charge in [0.1, 0.15) is 0 Å². The Morgan fingerprint density at radius 1 is 1.26 bits per heavy atom. The smallest absolute Gasteiger partial charge is 0.416 e. The van der Waals surface area contributed by atoms with Gasteiger partial charge in [-0.2, -0.15) is 18.2 Å². The second kappa shape index (κ2) is 12.0. The molecule has 206 valence electrons. The molecule has 39 heavy (non-hydrogen) atoms. The van der Waals surface area contributed by atoms with E-state index >= 15 is 0 Å². The molecule has 1 amide bonds. The topological polar surface area (TPSA) is 93.7 Å². The highest BCUT2D eigenvalue weighted by molar-refractivity contribution is 6.28. The van der Waals surface area contributed by atoms with Crippen LogP contribution in [-0.2, 0) is 28.7 Å². The number of alkyl halides is 3. The van der Waals surface area contributed by atoms with Crippen LogP contribution in [0.5, 0.6) is 0 Å². The first-order chi connectivity index (χ1) is 18.5. The first kappa shape index (κ1) is 28.4. The number of fused-ring (bicyclic) bond motifs is 1. The van der Waals surface area contributed by atoms with E-state index in [0.29, 0.717) is 35.4 Å². The summed E-state index contributed by atoms with van der Waals surface area (Å²) in [5.41, 5.74) is 7.20. The highest BCUT2D eigenvalue weighted by atomic mass is 35.5. The molecule has 0 radical (unpaired) electrons. The molecule has 11 heteroatoms. The van der Waals surface area contributed by atoms with Crippen molar-refractivity contribution >= 4 is 35.2 Å². The Bertz CT molecular complexity index is 1370. The molecule has 0 saturated heterocycles. The number of nitrogens with two attached hydrogens (primary N) is 1. The van der Waals surface area contributed by atoms with Crippen molar-refractivity contribution in [2.45, 2.75) is 51.2 Å². The molecule has 4 rings (SSSR count). The van der Waals surface area contributed by atoms with Gasteiger partial charge in [-0.25, -0.2) is 9.98 Å². The molecule has 1 aromatic carbocycles. The number of hydrogen-bond donors (Lipinski definition) is 1. The van der Waals surface area contributed by atoms with Crippen LogP contribution in [0.25, 0.3) is 0 Å². The number of benzene rings is 1. The lowest BCUT2D eigenvalue weighted by Crippen LogP contribution is -2.37. The molecule has 0 bridgehead atoms. The first-order valence-corrected chi connectivity index (χ1v) is 12.9. The molecule has 1 aromatic heterocycles. The average molecular weight is 560 g/mol. The quantitative estimate of drug-likeness (QED) is 0.263. The third-order valence-corrected chi connectivity index (χ3v) is 6.78. The monoisotopic (exact) mass is 559 g/mol. The van der Waals surface area contributed by atoms with E-state index in [1.165, 1.54) is 12.3 Å². The van der Waals surface area contributed by atoms with Crippen LogP contribution >= 0.6 is 11.6 Å². The van der Waals surface area contributed by atoms with Crippen molar-refractivity contribution in [2.75, 3.05) is 19.4 Å². The number of ether oxygens (including phenoxy) is 1. The number of nitrogens with zero attached hydrogens (tertiary/aromatic N) is 4. The van der Waals surface area contributed by atoms with Crippen LogP contribution in [0.3, 0.4) is 0 Å². The summed E-state index contributed by atoms with van der Waals surface area (Å²) in [5, 5.41) is 0.0132. The largest absolute Gasteiger partial charge is 0.501 e. The van der Waals surface area contributed by atoms with Crippen LogP contribution in [0.15, 0.2) is 58.8 Å². The summed E-state index contributed by atoms with van der Waals surface area (Å²) in [7, 11) is 1.63. The van der Waals surface area contributed by atoms with Crippen LogP contribution in [0.2, 0.25) is 5.28 Å². The van der Waals surface area contributed by atoms with E-state index in [4.69, 9.17) is 22.1 Å². The van der Waals surface area contributed by atoms with Gasteiger partial charge in [0.15, 0.2) is 5.82 Å². The van der Waals surface area contributed by atoms with E-state index in [1.807, 2.05) is 18.2 Å². The van der Waals surface area contributed by atoms with Crippen molar-refractivity contribution in [3.63, 3.8) is 0 Å². The zero-order valence-electron chi connectivity index (χ0n) is 21.6. The predicted molar refractivity (Wildman–Crippen MR) is 145 cm³/mol. The fraction of sp³-hybridized carbons (Fsp3) is 0.357. The lowest BCUT2D eigenvalue weighted by Gasteiger charge is -2.29. The Balaban J connectivity index is 1.57. The van der Waals surface area contributed by atoms with E-state index < -0.39 is 17.7 Å². The third-order valence-electron chi connectivity index (χ3n) is 6.61. The second-order valence-electron chi connectivity index (χ2n) is 9.42. The Kier molecular flexibility index (Phi) is 8.74. The maximum Gasteiger partial charge on any atom is 0.416 e. The lowest BCUT2D eigenvalue weighted by atomic mass is 9.99. The Labute approximate surface area is 229 Å². The number of rotatable bonds is 5. The van der Waals surface area contributed by atoms with E-state index in [1.54, 1.807) is 25.0 Å². The molecule has 7 nitrogen and oxygen atoms in total. The van der Waals surface area contributed by atoms with Crippen molar-refractivity contribution in [1.82, 2.24) is 14.9 Å².